The van der Waals surface area contributed by atoms with Gasteiger partial charge in [-0.15, -0.1) is 0 Å². The van der Waals surface area contributed by atoms with Crippen molar-refractivity contribution < 1.29 is 14.0 Å². The number of carbonyl (C=O) groups is 2. The highest BCUT2D eigenvalue weighted by Crippen LogP contribution is 2.31. The van der Waals surface area contributed by atoms with Crippen LogP contribution in [0.1, 0.15) is 30.3 Å². The quantitative estimate of drug-likeness (QED) is 0.422. The molecule has 5 heterocycles. The summed E-state index contributed by atoms with van der Waals surface area (Å²) in [5.74, 6) is 0.911. The molecule has 2 aliphatic rings. The topological polar surface area (TPSA) is 99.2 Å². The van der Waals surface area contributed by atoms with Gasteiger partial charge < -0.3 is 24.4 Å². The number of piperazine rings is 1. The van der Waals surface area contributed by atoms with E-state index >= 15 is 0 Å². The van der Waals surface area contributed by atoms with E-state index in [-0.39, 0.29) is 11.8 Å². The van der Waals surface area contributed by atoms with E-state index in [4.69, 9.17) is 9.40 Å². The highest BCUT2D eigenvalue weighted by atomic mass is 16.3. The Morgan fingerprint density at radius 1 is 0.974 bits per heavy atom. The normalized spacial score (nSPS) is 16.7. The third kappa shape index (κ3) is 4.57. The van der Waals surface area contributed by atoms with Crippen molar-refractivity contribution in [3.63, 3.8) is 0 Å². The Kier molecular flexibility index (Phi) is 6.45. The van der Waals surface area contributed by atoms with Crippen molar-refractivity contribution in [2.75, 3.05) is 49.5 Å². The molecule has 0 spiro atoms. The summed E-state index contributed by atoms with van der Waals surface area (Å²) < 4.78 is 7.17. The van der Waals surface area contributed by atoms with Gasteiger partial charge in [0.15, 0.2) is 11.4 Å². The predicted molar refractivity (Wildman–Crippen MR) is 144 cm³/mol. The lowest BCUT2D eigenvalue weighted by Crippen LogP contribution is -2.53. The van der Waals surface area contributed by atoms with Crippen LogP contribution in [0.25, 0.3) is 16.9 Å². The van der Waals surface area contributed by atoms with Gasteiger partial charge in [0.05, 0.1) is 12.5 Å². The Labute approximate surface area is 220 Å². The molecular formula is C28H31N7O3. The molecule has 6 rings (SSSR count). The van der Waals surface area contributed by atoms with Gasteiger partial charge in [0.25, 0.3) is 5.91 Å². The summed E-state index contributed by atoms with van der Waals surface area (Å²) in [5.41, 5.74) is 3.68. The van der Waals surface area contributed by atoms with Gasteiger partial charge in [0.2, 0.25) is 5.91 Å². The number of benzene rings is 1. The molecule has 1 atom stereocenters. The van der Waals surface area contributed by atoms with Gasteiger partial charge in [0.1, 0.15) is 17.6 Å². The van der Waals surface area contributed by atoms with Gasteiger partial charge >= 0.3 is 0 Å². The number of fused-ring (bicyclic) bond motifs is 1. The van der Waals surface area contributed by atoms with Crippen molar-refractivity contribution >= 4 is 29.0 Å². The van der Waals surface area contributed by atoms with Crippen molar-refractivity contribution in [1.29, 1.82) is 0 Å². The van der Waals surface area contributed by atoms with Crippen molar-refractivity contribution in [1.82, 2.24) is 24.2 Å². The van der Waals surface area contributed by atoms with Crippen LogP contribution in [-0.4, -0.2) is 81.3 Å². The van der Waals surface area contributed by atoms with Crippen LogP contribution in [0.15, 0.2) is 65.7 Å². The fourth-order valence-corrected chi connectivity index (χ4v) is 5.28. The zero-order valence-corrected chi connectivity index (χ0v) is 21.4. The Bertz CT molecular complexity index is 1420. The molecule has 3 aromatic heterocycles. The summed E-state index contributed by atoms with van der Waals surface area (Å²) >= 11 is 0. The summed E-state index contributed by atoms with van der Waals surface area (Å²) in [5, 5.41) is 3.43. The SMILES string of the molecule is CC(Nc1c(-c2ccc(N3CCCC3)cc2)nc2cnccn12)C(=O)N1CCN(C(=O)c2ccco2)CC1. The molecular weight excluding hydrogens is 482 g/mol. The van der Waals surface area contributed by atoms with Crippen LogP contribution >= 0.6 is 0 Å². The second-order valence-electron chi connectivity index (χ2n) is 9.82. The Morgan fingerprint density at radius 3 is 2.42 bits per heavy atom. The number of hydrogen-bond donors (Lipinski definition) is 1. The van der Waals surface area contributed by atoms with Crippen LogP contribution in [0.5, 0.6) is 0 Å². The minimum atomic E-state index is -0.488. The molecule has 10 heteroatoms. The van der Waals surface area contributed by atoms with Crippen molar-refractivity contribution in [2.45, 2.75) is 25.8 Å². The van der Waals surface area contributed by atoms with Gasteiger partial charge in [0, 0.05) is 62.9 Å². The molecule has 0 saturated carbocycles. The third-order valence-electron chi connectivity index (χ3n) is 7.38. The molecule has 0 bridgehead atoms. The van der Waals surface area contributed by atoms with Crippen LogP contribution in [-0.2, 0) is 4.79 Å². The predicted octanol–water partition coefficient (Wildman–Crippen LogP) is 3.37. The Balaban J connectivity index is 1.18. The monoisotopic (exact) mass is 513 g/mol. The highest BCUT2D eigenvalue weighted by molar-refractivity contribution is 5.92. The Morgan fingerprint density at radius 2 is 1.71 bits per heavy atom. The van der Waals surface area contributed by atoms with Crippen LogP contribution in [0.3, 0.4) is 0 Å². The molecule has 1 N–H and O–H groups in total. The number of hydrogen-bond acceptors (Lipinski definition) is 7. The molecule has 0 aliphatic carbocycles. The number of furan rings is 1. The van der Waals surface area contributed by atoms with Crippen molar-refractivity contribution in [3.05, 3.63) is 67.0 Å². The van der Waals surface area contributed by atoms with E-state index in [1.54, 1.807) is 34.3 Å². The summed E-state index contributed by atoms with van der Waals surface area (Å²) in [6.45, 7) is 5.93. The first-order chi connectivity index (χ1) is 18.6. The summed E-state index contributed by atoms with van der Waals surface area (Å²) in [7, 11) is 0. The number of carbonyl (C=O) groups excluding carboxylic acids is 2. The van der Waals surface area contributed by atoms with E-state index in [0.29, 0.717) is 37.6 Å². The molecule has 4 aromatic rings. The van der Waals surface area contributed by atoms with Gasteiger partial charge in [-0.2, -0.15) is 0 Å². The average molecular weight is 514 g/mol. The van der Waals surface area contributed by atoms with Gasteiger partial charge in [-0.25, -0.2) is 4.98 Å². The zero-order valence-electron chi connectivity index (χ0n) is 21.4. The number of nitrogens with zero attached hydrogens (tertiary/aromatic N) is 6. The van der Waals surface area contributed by atoms with E-state index in [0.717, 1.165) is 30.2 Å². The van der Waals surface area contributed by atoms with Gasteiger partial charge in [-0.05, 0) is 44.0 Å². The molecule has 196 valence electrons. The molecule has 1 unspecified atom stereocenters. The van der Waals surface area contributed by atoms with Crippen LogP contribution in [0, 0.1) is 0 Å². The number of rotatable bonds is 6. The van der Waals surface area contributed by atoms with Crippen molar-refractivity contribution in [2.24, 2.45) is 0 Å². The smallest absolute Gasteiger partial charge is 0.289 e. The molecule has 2 amide bonds. The number of amides is 2. The first kappa shape index (κ1) is 24.0. The summed E-state index contributed by atoms with van der Waals surface area (Å²) in [4.78, 5) is 41.0. The van der Waals surface area contributed by atoms with Crippen molar-refractivity contribution in [3.8, 4) is 11.3 Å². The standard InChI is InChI=1S/C28H31N7O3/c1-20(27(36)33-14-16-34(17-15-33)28(37)23-5-4-18-38-23)30-26-25(31-24-19-29-10-13-35(24)26)21-6-8-22(9-7-21)32-11-2-3-12-32/h4-10,13,18-20,30H,2-3,11-12,14-17H2,1H3. The number of nitrogens with one attached hydrogen (secondary N) is 1. The molecule has 0 radical (unpaired) electrons. The molecule has 38 heavy (non-hydrogen) atoms. The minimum absolute atomic E-state index is 0.0190. The maximum atomic E-state index is 13.4. The largest absolute Gasteiger partial charge is 0.459 e. The molecule has 10 nitrogen and oxygen atoms in total. The van der Waals surface area contributed by atoms with E-state index in [9.17, 15) is 9.59 Å². The minimum Gasteiger partial charge on any atom is -0.459 e. The second kappa shape index (κ2) is 10.2. The lowest BCUT2D eigenvalue weighted by Gasteiger charge is -2.35. The lowest BCUT2D eigenvalue weighted by atomic mass is 10.1. The molecule has 2 aliphatic heterocycles. The third-order valence-corrected chi connectivity index (χ3v) is 7.38. The fourth-order valence-electron chi connectivity index (χ4n) is 5.28. The van der Waals surface area contributed by atoms with Gasteiger partial charge in [-0.3, -0.25) is 19.0 Å². The van der Waals surface area contributed by atoms with Gasteiger partial charge in [-0.1, -0.05) is 12.1 Å². The van der Waals surface area contributed by atoms with E-state index in [1.807, 2.05) is 17.5 Å². The molecule has 2 saturated heterocycles. The fraction of sp³-hybridized carbons (Fsp3) is 0.357. The summed E-state index contributed by atoms with van der Waals surface area (Å²) in [6.07, 6.45) is 9.24. The molecule has 2 fully saturated rings. The number of imidazole rings is 1. The number of aromatic nitrogens is 3. The van der Waals surface area contributed by atoms with E-state index in [1.165, 1.54) is 24.8 Å². The van der Waals surface area contributed by atoms with E-state index < -0.39 is 6.04 Å². The van der Waals surface area contributed by atoms with Crippen LogP contribution < -0.4 is 10.2 Å². The zero-order chi connectivity index (χ0) is 26.1. The first-order valence-corrected chi connectivity index (χ1v) is 13.1. The lowest BCUT2D eigenvalue weighted by molar-refractivity contribution is -0.133. The summed E-state index contributed by atoms with van der Waals surface area (Å²) in [6, 6.07) is 11.3. The number of anilines is 2. The maximum Gasteiger partial charge on any atom is 0.289 e. The second-order valence-corrected chi connectivity index (χ2v) is 9.82. The maximum absolute atomic E-state index is 13.4. The first-order valence-electron chi connectivity index (χ1n) is 13.1. The van der Waals surface area contributed by atoms with E-state index in [2.05, 4.69) is 39.5 Å². The van der Waals surface area contributed by atoms with Crippen LogP contribution in [0.2, 0.25) is 0 Å². The highest BCUT2D eigenvalue weighted by Gasteiger charge is 2.29. The average Bonchev–Trinajstić information content (AvgIpc) is 3.75. The molecule has 1 aromatic carbocycles. The van der Waals surface area contributed by atoms with Crippen LogP contribution in [0.4, 0.5) is 11.5 Å². The Hall–Kier alpha value is -4.34.